The zero-order chi connectivity index (χ0) is 15.9. The van der Waals surface area contributed by atoms with Gasteiger partial charge in [-0.2, -0.15) is 13.2 Å². The Bertz CT molecular complexity index is 731. The summed E-state index contributed by atoms with van der Waals surface area (Å²) in [6, 6.07) is 13.1. The second kappa shape index (κ2) is 5.27. The molecule has 3 rings (SSSR count). The Hall–Kier alpha value is -2.10. The van der Waals surface area contributed by atoms with Gasteiger partial charge in [-0.15, -0.1) is 0 Å². The molecule has 0 saturated heterocycles. The molecular weight excluding hydrogens is 289 g/mol. The Labute approximate surface area is 126 Å². The highest BCUT2D eigenvalue weighted by atomic mass is 19.4. The number of carbonyl (C=O) groups excluding carboxylic acids is 1. The van der Waals surface area contributed by atoms with Gasteiger partial charge in [-0.05, 0) is 41.2 Å². The molecule has 1 nitrogen and oxygen atoms in total. The summed E-state index contributed by atoms with van der Waals surface area (Å²) in [6.45, 7) is 1.23. The minimum absolute atomic E-state index is 0.443. The molecule has 0 radical (unpaired) electrons. The number of benzene rings is 2. The third kappa shape index (κ3) is 2.65. The molecule has 1 aliphatic rings. The first-order chi connectivity index (χ1) is 10.4. The van der Waals surface area contributed by atoms with Crippen molar-refractivity contribution in [2.75, 3.05) is 0 Å². The van der Waals surface area contributed by atoms with Crippen molar-refractivity contribution < 1.29 is 18.0 Å². The number of hydrogen-bond donors (Lipinski definition) is 0. The van der Waals surface area contributed by atoms with Gasteiger partial charge in [0.25, 0.3) is 0 Å². The maximum absolute atomic E-state index is 12.8. The molecule has 0 amide bonds. The van der Waals surface area contributed by atoms with E-state index in [4.69, 9.17) is 0 Å². The van der Waals surface area contributed by atoms with Gasteiger partial charge < -0.3 is 0 Å². The van der Waals surface area contributed by atoms with Crippen LogP contribution < -0.4 is 0 Å². The maximum atomic E-state index is 12.8. The number of Topliss-reactive ketones (excluding diaryl/α,β-unsaturated/α-hetero) is 1. The van der Waals surface area contributed by atoms with Crippen LogP contribution in [0.4, 0.5) is 13.2 Å². The van der Waals surface area contributed by atoms with E-state index in [1.54, 1.807) is 12.1 Å². The van der Waals surface area contributed by atoms with Gasteiger partial charge >= 0.3 is 6.18 Å². The van der Waals surface area contributed by atoms with Crippen molar-refractivity contribution >= 4 is 5.78 Å². The lowest BCUT2D eigenvalue weighted by Gasteiger charge is -2.19. The van der Waals surface area contributed by atoms with Crippen LogP contribution in [0.1, 0.15) is 36.0 Å². The van der Waals surface area contributed by atoms with Crippen molar-refractivity contribution in [1.82, 2.24) is 0 Å². The molecule has 0 heterocycles. The van der Waals surface area contributed by atoms with Gasteiger partial charge in [-0.1, -0.05) is 42.5 Å². The smallest absolute Gasteiger partial charge is 0.299 e. The fourth-order valence-electron chi connectivity index (χ4n) is 3.21. The molecule has 1 unspecified atom stereocenters. The summed E-state index contributed by atoms with van der Waals surface area (Å²) in [6.07, 6.45) is -4.87. The summed E-state index contributed by atoms with van der Waals surface area (Å²) in [5.41, 5.74) is 4.46. The maximum Gasteiger partial charge on any atom is 0.390 e. The van der Waals surface area contributed by atoms with Crippen molar-refractivity contribution in [2.45, 2.75) is 31.9 Å². The molecule has 0 saturated carbocycles. The predicted octanol–water partition coefficient (Wildman–Crippen LogP) is 4.88. The van der Waals surface area contributed by atoms with Gasteiger partial charge in [0.05, 0.1) is 12.3 Å². The Balaban J connectivity index is 2.08. The van der Waals surface area contributed by atoms with Crippen molar-refractivity contribution in [1.29, 1.82) is 0 Å². The third-order valence-electron chi connectivity index (χ3n) is 4.19. The standard InChI is InChI=1S/C18H15F3O/c1-11(22)17(10-18(19,20)21)15-8-4-7-14-13-6-3-2-5-12(13)9-16(14)15/h2-8,17H,9-10H2,1H3. The summed E-state index contributed by atoms with van der Waals surface area (Å²) in [5.74, 6) is -1.56. The Morgan fingerprint density at radius 2 is 1.77 bits per heavy atom. The van der Waals surface area contributed by atoms with Crippen molar-refractivity contribution in [3.8, 4) is 11.1 Å². The lowest BCUT2D eigenvalue weighted by Crippen LogP contribution is -2.20. The largest absolute Gasteiger partial charge is 0.390 e. The minimum atomic E-state index is -4.36. The van der Waals surface area contributed by atoms with Crippen LogP contribution in [-0.4, -0.2) is 12.0 Å². The molecule has 2 aromatic rings. The monoisotopic (exact) mass is 304 g/mol. The number of hydrogen-bond acceptors (Lipinski definition) is 1. The van der Waals surface area contributed by atoms with E-state index in [0.717, 1.165) is 22.3 Å². The van der Waals surface area contributed by atoms with Gasteiger partial charge in [0.2, 0.25) is 0 Å². The zero-order valence-electron chi connectivity index (χ0n) is 12.1. The molecule has 1 aliphatic carbocycles. The van der Waals surface area contributed by atoms with Crippen molar-refractivity contribution in [3.05, 3.63) is 59.2 Å². The quantitative estimate of drug-likeness (QED) is 0.674. The molecule has 4 heteroatoms. The van der Waals surface area contributed by atoms with E-state index < -0.39 is 24.3 Å². The normalized spacial score (nSPS) is 14.4. The molecule has 0 aliphatic heterocycles. The lowest BCUT2D eigenvalue weighted by atomic mass is 9.86. The summed E-state index contributed by atoms with van der Waals surface area (Å²) in [4.78, 5) is 11.8. The molecule has 0 fully saturated rings. The second-order valence-electron chi connectivity index (χ2n) is 5.69. The van der Waals surface area contributed by atoms with Crippen molar-refractivity contribution in [2.24, 2.45) is 0 Å². The first kappa shape index (κ1) is 14.8. The van der Waals surface area contributed by atoms with Crippen LogP contribution in [0.5, 0.6) is 0 Å². The van der Waals surface area contributed by atoms with Crippen LogP contribution in [0.3, 0.4) is 0 Å². The van der Waals surface area contributed by atoms with E-state index in [0.29, 0.717) is 12.0 Å². The van der Waals surface area contributed by atoms with Gasteiger partial charge in [0.15, 0.2) is 0 Å². The average molecular weight is 304 g/mol. The number of carbonyl (C=O) groups is 1. The van der Waals surface area contributed by atoms with E-state index in [1.165, 1.54) is 6.92 Å². The number of alkyl halides is 3. The van der Waals surface area contributed by atoms with Gasteiger partial charge in [0, 0.05) is 0 Å². The number of ketones is 1. The molecule has 22 heavy (non-hydrogen) atoms. The summed E-state index contributed by atoms with van der Waals surface area (Å²) in [5, 5.41) is 0. The SMILES string of the molecule is CC(=O)C(CC(F)(F)F)c1cccc2c1Cc1ccccc1-2. The van der Waals surface area contributed by atoms with Crippen LogP contribution >= 0.6 is 0 Å². The van der Waals surface area contributed by atoms with Gasteiger partial charge in [-0.3, -0.25) is 4.79 Å². The van der Waals surface area contributed by atoms with E-state index in [2.05, 4.69) is 0 Å². The fraction of sp³-hybridized carbons (Fsp3) is 0.278. The summed E-state index contributed by atoms with van der Waals surface area (Å²) in [7, 11) is 0. The van der Waals surface area contributed by atoms with E-state index in [9.17, 15) is 18.0 Å². The van der Waals surface area contributed by atoms with E-state index in [-0.39, 0.29) is 0 Å². The highest BCUT2D eigenvalue weighted by Gasteiger charge is 2.36. The predicted molar refractivity (Wildman–Crippen MR) is 78.8 cm³/mol. The molecule has 114 valence electrons. The highest BCUT2D eigenvalue weighted by molar-refractivity contribution is 5.86. The topological polar surface area (TPSA) is 17.1 Å². The minimum Gasteiger partial charge on any atom is -0.299 e. The van der Waals surface area contributed by atoms with Crippen LogP contribution in [0.2, 0.25) is 0 Å². The molecule has 0 bridgehead atoms. The molecule has 0 N–H and O–H groups in total. The first-order valence-corrected chi connectivity index (χ1v) is 7.14. The Kier molecular flexibility index (Phi) is 3.55. The first-order valence-electron chi connectivity index (χ1n) is 7.14. The average Bonchev–Trinajstić information content (AvgIpc) is 2.82. The fourth-order valence-corrected chi connectivity index (χ4v) is 3.21. The highest BCUT2D eigenvalue weighted by Crippen LogP contribution is 2.42. The van der Waals surface area contributed by atoms with Gasteiger partial charge in [0.1, 0.15) is 5.78 Å². The lowest BCUT2D eigenvalue weighted by molar-refractivity contribution is -0.146. The third-order valence-corrected chi connectivity index (χ3v) is 4.19. The molecule has 0 spiro atoms. The molecule has 1 atom stereocenters. The number of rotatable bonds is 3. The van der Waals surface area contributed by atoms with E-state index in [1.807, 2.05) is 30.3 Å². The Morgan fingerprint density at radius 3 is 2.45 bits per heavy atom. The van der Waals surface area contributed by atoms with Crippen LogP contribution in [0.15, 0.2) is 42.5 Å². The summed E-state index contributed by atoms with van der Waals surface area (Å²) < 4.78 is 38.4. The molecule has 2 aromatic carbocycles. The number of halogens is 3. The second-order valence-corrected chi connectivity index (χ2v) is 5.69. The Morgan fingerprint density at radius 1 is 1.09 bits per heavy atom. The van der Waals surface area contributed by atoms with E-state index >= 15 is 0 Å². The summed E-state index contributed by atoms with van der Waals surface area (Å²) >= 11 is 0. The van der Waals surface area contributed by atoms with Crippen LogP contribution in [0, 0.1) is 0 Å². The number of fused-ring (bicyclic) bond motifs is 3. The molecule has 0 aromatic heterocycles. The van der Waals surface area contributed by atoms with Crippen LogP contribution in [0.25, 0.3) is 11.1 Å². The molecular formula is C18H15F3O. The van der Waals surface area contributed by atoms with Crippen molar-refractivity contribution in [3.63, 3.8) is 0 Å². The van der Waals surface area contributed by atoms with Gasteiger partial charge in [-0.25, -0.2) is 0 Å². The zero-order valence-corrected chi connectivity index (χ0v) is 12.1. The van der Waals surface area contributed by atoms with Crippen LogP contribution in [-0.2, 0) is 11.2 Å².